The second-order valence-corrected chi connectivity index (χ2v) is 6.33. The molecular formula is C15H25NO5. The van der Waals surface area contributed by atoms with Crippen LogP contribution in [0.1, 0.15) is 47.0 Å². The quantitative estimate of drug-likeness (QED) is 0.808. The zero-order valence-corrected chi connectivity index (χ0v) is 13.3. The van der Waals surface area contributed by atoms with Gasteiger partial charge in [0, 0.05) is 19.2 Å². The van der Waals surface area contributed by atoms with Crippen LogP contribution in [0.2, 0.25) is 0 Å². The molecule has 1 aromatic rings. The second kappa shape index (κ2) is 6.39. The summed E-state index contributed by atoms with van der Waals surface area (Å²) in [7, 11) is 1.66. The van der Waals surface area contributed by atoms with Crippen LogP contribution in [0.15, 0.2) is 12.1 Å². The Labute approximate surface area is 125 Å². The molecule has 0 saturated carbocycles. The van der Waals surface area contributed by atoms with E-state index in [4.69, 9.17) is 9.57 Å². The maximum Gasteiger partial charge on any atom is 0.333 e. The molecule has 0 fully saturated rings. The normalized spacial score (nSPS) is 14.7. The Hall–Kier alpha value is -1.69. The lowest BCUT2D eigenvalue weighted by atomic mass is 9.77. The van der Waals surface area contributed by atoms with Crippen molar-refractivity contribution in [2.75, 3.05) is 7.11 Å². The van der Waals surface area contributed by atoms with Crippen LogP contribution < -0.4 is 4.84 Å². The molecule has 1 heterocycles. The monoisotopic (exact) mass is 299 g/mol. The van der Waals surface area contributed by atoms with E-state index in [0.717, 1.165) is 6.42 Å². The number of aromatic hydroxyl groups is 2. The highest BCUT2D eigenvalue weighted by Crippen LogP contribution is 2.35. The number of nitrogens with zero attached hydrogens (tertiary/aromatic N) is 1. The van der Waals surface area contributed by atoms with E-state index in [9.17, 15) is 15.0 Å². The van der Waals surface area contributed by atoms with Crippen LogP contribution in [0.25, 0.3) is 0 Å². The maximum absolute atomic E-state index is 12.0. The van der Waals surface area contributed by atoms with E-state index in [0.29, 0.717) is 11.2 Å². The summed E-state index contributed by atoms with van der Waals surface area (Å²) in [6.45, 7) is 7.95. The lowest BCUT2D eigenvalue weighted by Gasteiger charge is -2.35. The van der Waals surface area contributed by atoms with E-state index in [1.165, 1.54) is 12.1 Å². The van der Waals surface area contributed by atoms with Gasteiger partial charge in [0.15, 0.2) is 0 Å². The molecule has 21 heavy (non-hydrogen) atoms. The highest BCUT2D eigenvalue weighted by atomic mass is 16.7. The minimum Gasteiger partial charge on any atom is -0.492 e. The van der Waals surface area contributed by atoms with E-state index in [1.54, 1.807) is 7.11 Å². The average Bonchev–Trinajstić information content (AvgIpc) is 2.69. The molecule has 6 nitrogen and oxygen atoms in total. The second-order valence-electron chi connectivity index (χ2n) is 6.33. The van der Waals surface area contributed by atoms with Gasteiger partial charge in [-0.15, -0.1) is 4.73 Å². The summed E-state index contributed by atoms with van der Waals surface area (Å²) in [5.41, 5.74) is -0.641. The first-order valence-corrected chi connectivity index (χ1v) is 6.98. The van der Waals surface area contributed by atoms with Gasteiger partial charge in [0.25, 0.3) is 0 Å². The average molecular weight is 299 g/mol. The summed E-state index contributed by atoms with van der Waals surface area (Å²) in [5.74, 6) is -1.18. The van der Waals surface area contributed by atoms with Crippen molar-refractivity contribution in [3.8, 4) is 11.8 Å². The summed E-state index contributed by atoms with van der Waals surface area (Å²) in [6.07, 6.45) is 1.66. The zero-order valence-electron chi connectivity index (χ0n) is 13.3. The number of hydrogen-bond acceptors (Lipinski definition) is 5. The fourth-order valence-corrected chi connectivity index (χ4v) is 2.44. The smallest absolute Gasteiger partial charge is 0.333 e. The van der Waals surface area contributed by atoms with Gasteiger partial charge in [0.2, 0.25) is 11.8 Å². The molecule has 1 aromatic heterocycles. The third kappa shape index (κ3) is 4.67. The highest BCUT2D eigenvalue weighted by molar-refractivity contribution is 5.70. The van der Waals surface area contributed by atoms with Crippen LogP contribution in [0.4, 0.5) is 0 Å². The number of hydrogen-bond donors (Lipinski definition) is 2. The SMILES string of the molecule is CCC(C)(CC(C)(C)CC(=O)On1c(O)ccc1O)OC. The van der Waals surface area contributed by atoms with Crippen molar-refractivity contribution in [3.05, 3.63) is 12.1 Å². The van der Waals surface area contributed by atoms with Crippen LogP contribution in [0.5, 0.6) is 11.8 Å². The van der Waals surface area contributed by atoms with Crippen molar-refractivity contribution in [1.82, 2.24) is 4.73 Å². The molecule has 0 bridgehead atoms. The molecule has 0 saturated heterocycles. The first kappa shape index (κ1) is 17.4. The first-order valence-electron chi connectivity index (χ1n) is 6.98. The summed E-state index contributed by atoms with van der Waals surface area (Å²) < 4.78 is 6.21. The van der Waals surface area contributed by atoms with Gasteiger partial charge >= 0.3 is 5.97 Å². The number of ether oxygens (including phenoxy) is 1. The summed E-state index contributed by atoms with van der Waals surface area (Å²) in [4.78, 5) is 17.0. The molecule has 1 rings (SSSR count). The van der Waals surface area contributed by atoms with Gasteiger partial charge in [-0.3, -0.25) is 0 Å². The Bertz CT molecular complexity index is 469. The third-order valence-electron chi connectivity index (χ3n) is 3.71. The molecular weight excluding hydrogens is 274 g/mol. The molecule has 0 aliphatic heterocycles. The number of carbonyl (C=O) groups excluding carboxylic acids is 1. The molecule has 0 aliphatic carbocycles. The fourth-order valence-electron chi connectivity index (χ4n) is 2.44. The van der Waals surface area contributed by atoms with Crippen LogP contribution in [-0.2, 0) is 9.53 Å². The minimum atomic E-state index is -0.531. The van der Waals surface area contributed by atoms with Gasteiger partial charge in [0.1, 0.15) is 0 Å². The standard InChI is InChI=1S/C15H25NO5/c1-6-15(4,20-5)10-14(2,3)9-13(19)21-16-11(17)7-8-12(16)18/h7-8,17-18H,6,9-10H2,1-5H3. The third-order valence-corrected chi connectivity index (χ3v) is 3.71. The van der Waals surface area contributed by atoms with Gasteiger partial charge in [-0.25, -0.2) is 4.79 Å². The summed E-state index contributed by atoms with van der Waals surface area (Å²) in [6, 6.07) is 2.49. The van der Waals surface area contributed by atoms with Crippen molar-refractivity contribution in [2.24, 2.45) is 5.41 Å². The number of aromatic nitrogens is 1. The number of carbonyl (C=O) groups is 1. The van der Waals surface area contributed by atoms with Crippen LogP contribution >= 0.6 is 0 Å². The minimum absolute atomic E-state index is 0.142. The van der Waals surface area contributed by atoms with Gasteiger partial charge in [0.05, 0.1) is 12.0 Å². The fraction of sp³-hybridized carbons (Fsp3) is 0.667. The first-order chi connectivity index (χ1) is 9.62. The van der Waals surface area contributed by atoms with Gasteiger partial charge in [-0.2, -0.15) is 0 Å². The molecule has 6 heteroatoms. The number of rotatable bonds is 7. The summed E-state index contributed by atoms with van der Waals surface area (Å²) in [5, 5.41) is 18.9. The molecule has 2 N–H and O–H groups in total. The van der Waals surface area contributed by atoms with Crippen molar-refractivity contribution in [2.45, 2.75) is 52.6 Å². The Kier molecular flexibility index (Phi) is 5.28. The van der Waals surface area contributed by atoms with E-state index >= 15 is 0 Å². The van der Waals surface area contributed by atoms with Gasteiger partial charge in [-0.1, -0.05) is 20.8 Å². The predicted octanol–water partition coefficient (Wildman–Crippen LogP) is 2.48. The molecule has 0 radical (unpaired) electrons. The Morgan fingerprint density at radius 1 is 1.24 bits per heavy atom. The van der Waals surface area contributed by atoms with Crippen molar-refractivity contribution < 1.29 is 24.6 Å². The Morgan fingerprint density at radius 2 is 1.76 bits per heavy atom. The summed E-state index contributed by atoms with van der Waals surface area (Å²) >= 11 is 0. The zero-order chi connectivity index (χ0) is 16.3. The van der Waals surface area contributed by atoms with Crippen LogP contribution in [0, 0.1) is 5.41 Å². The van der Waals surface area contributed by atoms with Gasteiger partial charge < -0.3 is 19.8 Å². The topological polar surface area (TPSA) is 80.9 Å². The number of methoxy groups -OCH3 is 1. The largest absolute Gasteiger partial charge is 0.492 e. The molecule has 0 amide bonds. The molecule has 0 aromatic carbocycles. The predicted molar refractivity (Wildman–Crippen MR) is 78.1 cm³/mol. The van der Waals surface area contributed by atoms with E-state index < -0.39 is 5.97 Å². The van der Waals surface area contributed by atoms with E-state index in [-0.39, 0.29) is 29.2 Å². The van der Waals surface area contributed by atoms with E-state index in [2.05, 4.69) is 0 Å². The molecule has 120 valence electrons. The Morgan fingerprint density at radius 3 is 2.19 bits per heavy atom. The lowest BCUT2D eigenvalue weighted by Crippen LogP contribution is -2.35. The highest BCUT2D eigenvalue weighted by Gasteiger charge is 2.33. The van der Waals surface area contributed by atoms with Crippen LogP contribution in [0.3, 0.4) is 0 Å². The van der Waals surface area contributed by atoms with Crippen molar-refractivity contribution in [3.63, 3.8) is 0 Å². The lowest BCUT2D eigenvalue weighted by molar-refractivity contribution is -0.148. The maximum atomic E-state index is 12.0. The Balaban J connectivity index is 2.69. The van der Waals surface area contributed by atoms with Crippen molar-refractivity contribution in [1.29, 1.82) is 0 Å². The van der Waals surface area contributed by atoms with Crippen molar-refractivity contribution >= 4 is 5.97 Å². The molecule has 0 aliphatic rings. The molecule has 0 spiro atoms. The van der Waals surface area contributed by atoms with Crippen LogP contribution in [-0.4, -0.2) is 33.6 Å². The van der Waals surface area contributed by atoms with Gasteiger partial charge in [-0.05, 0) is 25.2 Å². The molecule has 1 unspecified atom stereocenters. The molecule has 1 atom stereocenters. The van der Waals surface area contributed by atoms with E-state index in [1.807, 2.05) is 27.7 Å².